The third-order valence-electron chi connectivity index (χ3n) is 4.17. The molecule has 0 aromatic heterocycles. The van der Waals surface area contributed by atoms with E-state index in [2.05, 4.69) is 38.2 Å². The lowest BCUT2D eigenvalue weighted by molar-refractivity contribution is -0.135. The van der Waals surface area contributed by atoms with E-state index in [0.29, 0.717) is 12.0 Å². The van der Waals surface area contributed by atoms with Crippen LogP contribution in [0.15, 0.2) is 24.3 Å². The molecule has 4 heteroatoms. The zero-order valence-corrected chi connectivity index (χ0v) is 14.0. The Balaban J connectivity index is 1.89. The minimum atomic E-state index is 0.0866. The molecule has 1 saturated heterocycles. The summed E-state index contributed by atoms with van der Waals surface area (Å²) in [5.74, 6) is 1.35. The number of nitrogens with zero attached hydrogens (tertiary/aromatic N) is 1. The number of benzene rings is 1. The lowest BCUT2D eigenvalue weighted by atomic mass is 10.0. The molecule has 22 heavy (non-hydrogen) atoms. The summed E-state index contributed by atoms with van der Waals surface area (Å²) in [6.45, 7) is 9.26. The average molecular weight is 304 g/mol. The van der Waals surface area contributed by atoms with Crippen LogP contribution >= 0.6 is 0 Å². The highest BCUT2D eigenvalue weighted by molar-refractivity contribution is 5.78. The van der Waals surface area contributed by atoms with Crippen LogP contribution in [0.25, 0.3) is 0 Å². The van der Waals surface area contributed by atoms with Crippen molar-refractivity contribution >= 4 is 5.91 Å². The molecule has 1 atom stereocenters. The summed E-state index contributed by atoms with van der Waals surface area (Å²) in [4.78, 5) is 14.4. The van der Waals surface area contributed by atoms with Gasteiger partial charge < -0.3 is 15.0 Å². The molecule has 0 spiro atoms. The number of carbonyl (C=O) groups is 1. The summed E-state index contributed by atoms with van der Waals surface area (Å²) in [5.41, 5.74) is 1.28. The van der Waals surface area contributed by atoms with Crippen molar-refractivity contribution in [2.75, 3.05) is 26.2 Å². The van der Waals surface area contributed by atoms with Gasteiger partial charge in [0, 0.05) is 19.1 Å². The highest BCUT2D eigenvalue weighted by Gasteiger charge is 2.25. The first-order valence-electron chi connectivity index (χ1n) is 8.34. The molecule has 1 aromatic rings. The SMILES string of the molecule is CCCN(C(=O)COc1ccc(C(C)C)cc1)C1CCNC1. The molecule has 0 radical (unpaired) electrons. The second-order valence-corrected chi connectivity index (χ2v) is 6.25. The highest BCUT2D eigenvalue weighted by Crippen LogP contribution is 2.19. The van der Waals surface area contributed by atoms with E-state index in [1.54, 1.807) is 0 Å². The zero-order chi connectivity index (χ0) is 15.9. The Morgan fingerprint density at radius 2 is 2.09 bits per heavy atom. The van der Waals surface area contributed by atoms with Crippen LogP contribution in [-0.4, -0.2) is 43.1 Å². The summed E-state index contributed by atoms with van der Waals surface area (Å²) in [7, 11) is 0. The van der Waals surface area contributed by atoms with Gasteiger partial charge in [0.25, 0.3) is 5.91 Å². The number of nitrogens with one attached hydrogen (secondary N) is 1. The van der Waals surface area contributed by atoms with Crippen LogP contribution in [0.5, 0.6) is 5.75 Å². The molecule has 1 unspecified atom stereocenters. The largest absolute Gasteiger partial charge is 0.484 e. The molecular weight excluding hydrogens is 276 g/mol. The first kappa shape index (κ1) is 16.8. The normalized spacial score (nSPS) is 17.7. The van der Waals surface area contributed by atoms with Crippen LogP contribution in [0.3, 0.4) is 0 Å². The van der Waals surface area contributed by atoms with E-state index in [4.69, 9.17) is 4.74 Å². The van der Waals surface area contributed by atoms with E-state index in [-0.39, 0.29) is 12.5 Å². The highest BCUT2D eigenvalue weighted by atomic mass is 16.5. The molecule has 1 aliphatic rings. The maximum Gasteiger partial charge on any atom is 0.260 e. The van der Waals surface area contributed by atoms with E-state index in [0.717, 1.165) is 38.2 Å². The van der Waals surface area contributed by atoms with E-state index >= 15 is 0 Å². The molecule has 1 amide bonds. The van der Waals surface area contributed by atoms with Gasteiger partial charge >= 0.3 is 0 Å². The lowest BCUT2D eigenvalue weighted by Gasteiger charge is -2.28. The fourth-order valence-electron chi connectivity index (χ4n) is 2.83. The van der Waals surface area contributed by atoms with Gasteiger partial charge in [-0.15, -0.1) is 0 Å². The van der Waals surface area contributed by atoms with Crippen molar-refractivity contribution < 1.29 is 9.53 Å². The molecule has 2 rings (SSSR count). The molecule has 0 bridgehead atoms. The quantitative estimate of drug-likeness (QED) is 0.842. The zero-order valence-electron chi connectivity index (χ0n) is 14.0. The maximum absolute atomic E-state index is 12.4. The predicted octanol–water partition coefficient (Wildman–Crippen LogP) is 2.79. The van der Waals surface area contributed by atoms with Crippen molar-refractivity contribution in [2.45, 2.75) is 45.6 Å². The lowest BCUT2D eigenvalue weighted by Crippen LogP contribution is -2.44. The van der Waals surface area contributed by atoms with Crippen LogP contribution in [0.2, 0.25) is 0 Å². The fraction of sp³-hybridized carbons (Fsp3) is 0.611. The summed E-state index contributed by atoms with van der Waals surface area (Å²) in [6, 6.07) is 8.34. The molecule has 4 nitrogen and oxygen atoms in total. The monoisotopic (exact) mass is 304 g/mol. The van der Waals surface area contributed by atoms with Crippen molar-refractivity contribution in [3.8, 4) is 5.75 Å². The maximum atomic E-state index is 12.4. The summed E-state index contributed by atoms with van der Waals surface area (Å²) >= 11 is 0. The number of rotatable bonds is 7. The summed E-state index contributed by atoms with van der Waals surface area (Å²) < 4.78 is 5.68. The number of carbonyl (C=O) groups excluding carboxylic acids is 1. The molecule has 0 saturated carbocycles. The topological polar surface area (TPSA) is 41.6 Å². The fourth-order valence-corrected chi connectivity index (χ4v) is 2.83. The molecule has 0 aliphatic carbocycles. The predicted molar refractivity (Wildman–Crippen MR) is 89.3 cm³/mol. The van der Waals surface area contributed by atoms with Crippen molar-refractivity contribution in [3.05, 3.63) is 29.8 Å². The van der Waals surface area contributed by atoms with Crippen LogP contribution in [0.1, 0.15) is 45.1 Å². The van der Waals surface area contributed by atoms with Gasteiger partial charge in [-0.1, -0.05) is 32.9 Å². The van der Waals surface area contributed by atoms with Crippen LogP contribution < -0.4 is 10.1 Å². The van der Waals surface area contributed by atoms with E-state index in [1.807, 2.05) is 17.0 Å². The molecule has 1 aromatic carbocycles. The Labute approximate surface area is 133 Å². The Bertz CT molecular complexity index is 464. The van der Waals surface area contributed by atoms with Gasteiger partial charge in [-0.25, -0.2) is 0 Å². The average Bonchev–Trinajstić information content (AvgIpc) is 3.04. The van der Waals surface area contributed by atoms with E-state index < -0.39 is 0 Å². The molecule has 122 valence electrons. The van der Waals surface area contributed by atoms with Crippen molar-refractivity contribution in [1.82, 2.24) is 10.2 Å². The van der Waals surface area contributed by atoms with Gasteiger partial charge in [0.15, 0.2) is 6.61 Å². The van der Waals surface area contributed by atoms with Crippen molar-refractivity contribution in [1.29, 1.82) is 0 Å². The number of amides is 1. The Morgan fingerprint density at radius 3 is 2.64 bits per heavy atom. The minimum Gasteiger partial charge on any atom is -0.484 e. The minimum absolute atomic E-state index is 0.0866. The Hall–Kier alpha value is -1.55. The molecule has 1 fully saturated rings. The Morgan fingerprint density at radius 1 is 1.36 bits per heavy atom. The second kappa shape index (κ2) is 8.18. The molecule has 1 heterocycles. The van der Waals surface area contributed by atoms with E-state index in [1.165, 1.54) is 5.56 Å². The van der Waals surface area contributed by atoms with Gasteiger partial charge in [-0.3, -0.25) is 4.79 Å². The Kier molecular flexibility index (Phi) is 6.25. The molecule has 1 aliphatic heterocycles. The molecular formula is C18H28N2O2. The second-order valence-electron chi connectivity index (χ2n) is 6.25. The van der Waals surface area contributed by atoms with E-state index in [9.17, 15) is 4.79 Å². The number of hydrogen-bond donors (Lipinski definition) is 1. The van der Waals surface area contributed by atoms with Gasteiger partial charge in [0.2, 0.25) is 0 Å². The van der Waals surface area contributed by atoms with Gasteiger partial charge in [0.05, 0.1) is 0 Å². The van der Waals surface area contributed by atoms with Gasteiger partial charge in [0.1, 0.15) is 5.75 Å². The first-order valence-corrected chi connectivity index (χ1v) is 8.34. The summed E-state index contributed by atoms with van der Waals surface area (Å²) in [5, 5.41) is 3.32. The third kappa shape index (κ3) is 4.47. The summed E-state index contributed by atoms with van der Waals surface area (Å²) in [6.07, 6.45) is 2.01. The van der Waals surface area contributed by atoms with Crippen molar-refractivity contribution in [2.24, 2.45) is 0 Å². The number of hydrogen-bond acceptors (Lipinski definition) is 3. The van der Waals surface area contributed by atoms with Crippen LogP contribution in [0, 0.1) is 0 Å². The standard InChI is InChI=1S/C18H28N2O2/c1-4-11-20(16-9-10-19-12-16)18(21)13-22-17-7-5-15(6-8-17)14(2)3/h5-8,14,16,19H,4,9-13H2,1-3H3. The number of ether oxygens (including phenoxy) is 1. The van der Waals surface area contributed by atoms with Crippen LogP contribution in [0.4, 0.5) is 0 Å². The smallest absolute Gasteiger partial charge is 0.260 e. The molecule has 1 N–H and O–H groups in total. The van der Waals surface area contributed by atoms with Crippen molar-refractivity contribution in [3.63, 3.8) is 0 Å². The van der Waals surface area contributed by atoms with Gasteiger partial charge in [-0.05, 0) is 43.0 Å². The first-order chi connectivity index (χ1) is 10.6. The van der Waals surface area contributed by atoms with Gasteiger partial charge in [-0.2, -0.15) is 0 Å². The van der Waals surface area contributed by atoms with Crippen LogP contribution in [-0.2, 0) is 4.79 Å². The third-order valence-corrected chi connectivity index (χ3v) is 4.17.